The minimum Gasteiger partial charge on any atom is -0.294 e. The van der Waals surface area contributed by atoms with Crippen LogP contribution in [0.25, 0.3) is 0 Å². The molecule has 1 aliphatic heterocycles. The molecule has 1 heterocycles. The summed E-state index contributed by atoms with van der Waals surface area (Å²) in [6.07, 6.45) is 1.95. The van der Waals surface area contributed by atoms with Gasteiger partial charge in [-0.05, 0) is 28.8 Å². The molecule has 0 saturated carbocycles. The maximum atomic E-state index is 4.69. The van der Waals surface area contributed by atoms with Crippen molar-refractivity contribution < 1.29 is 0 Å². The lowest BCUT2D eigenvalue weighted by Crippen LogP contribution is -2.45. The second-order valence-corrected chi connectivity index (χ2v) is 7.93. The summed E-state index contributed by atoms with van der Waals surface area (Å²) in [5.41, 5.74) is 3.81. The summed E-state index contributed by atoms with van der Waals surface area (Å²) < 4.78 is 1.08. The zero-order chi connectivity index (χ0) is 19.2. The topological polar surface area (TPSA) is 18.8 Å². The van der Waals surface area contributed by atoms with Crippen LogP contribution in [0.1, 0.15) is 22.7 Å². The molecule has 4 heteroatoms. The Labute approximate surface area is 175 Å². The standard InChI is InChI=1S/C24H24BrN3/c25-23-13-7-8-20(18-23)19-26-28-16-14-27(15-17-28)24(21-9-3-1-4-10-21)22-11-5-2-6-12-22/h1-13,18-19,24H,14-17H2. The molecule has 0 atom stereocenters. The fourth-order valence-corrected chi connectivity index (χ4v) is 4.12. The highest BCUT2D eigenvalue weighted by atomic mass is 79.9. The summed E-state index contributed by atoms with van der Waals surface area (Å²) in [7, 11) is 0. The Bertz CT molecular complexity index is 864. The Balaban J connectivity index is 1.46. The molecule has 0 spiro atoms. The van der Waals surface area contributed by atoms with Crippen LogP contribution in [0.2, 0.25) is 0 Å². The molecule has 3 nitrogen and oxygen atoms in total. The first-order chi connectivity index (χ1) is 13.8. The largest absolute Gasteiger partial charge is 0.294 e. The quantitative estimate of drug-likeness (QED) is 0.515. The number of nitrogens with zero attached hydrogens (tertiary/aromatic N) is 3. The van der Waals surface area contributed by atoms with E-state index in [1.165, 1.54) is 11.1 Å². The SMILES string of the molecule is Brc1cccc(C=NN2CCN(C(c3ccccc3)c3ccccc3)CC2)c1. The van der Waals surface area contributed by atoms with Gasteiger partial charge >= 0.3 is 0 Å². The number of piperazine rings is 1. The predicted molar refractivity (Wildman–Crippen MR) is 120 cm³/mol. The van der Waals surface area contributed by atoms with Gasteiger partial charge in [-0.2, -0.15) is 5.10 Å². The minimum atomic E-state index is 0.290. The van der Waals surface area contributed by atoms with E-state index in [0.717, 1.165) is 36.2 Å². The second kappa shape index (κ2) is 9.18. The van der Waals surface area contributed by atoms with Crippen molar-refractivity contribution in [3.05, 3.63) is 106 Å². The number of hydrogen-bond donors (Lipinski definition) is 0. The van der Waals surface area contributed by atoms with Crippen LogP contribution in [-0.4, -0.2) is 42.3 Å². The molecule has 0 radical (unpaired) electrons. The summed E-state index contributed by atoms with van der Waals surface area (Å²) >= 11 is 3.51. The van der Waals surface area contributed by atoms with Crippen molar-refractivity contribution in [2.45, 2.75) is 6.04 Å². The first kappa shape index (κ1) is 18.9. The summed E-state index contributed by atoms with van der Waals surface area (Å²) in [4.78, 5) is 2.57. The molecule has 0 N–H and O–H groups in total. The summed E-state index contributed by atoms with van der Waals surface area (Å²) in [6.45, 7) is 3.84. The first-order valence-electron chi connectivity index (χ1n) is 9.68. The van der Waals surface area contributed by atoms with E-state index in [1.807, 2.05) is 18.3 Å². The van der Waals surface area contributed by atoms with Gasteiger partial charge in [0.2, 0.25) is 0 Å². The maximum Gasteiger partial charge on any atom is 0.0603 e. The maximum absolute atomic E-state index is 4.69. The Kier molecular flexibility index (Phi) is 6.20. The molecule has 0 bridgehead atoms. The Morgan fingerprint density at radius 2 is 1.36 bits per heavy atom. The lowest BCUT2D eigenvalue weighted by Gasteiger charge is -2.38. The van der Waals surface area contributed by atoms with Crippen LogP contribution >= 0.6 is 15.9 Å². The molecule has 0 amide bonds. The lowest BCUT2D eigenvalue weighted by atomic mass is 9.96. The zero-order valence-electron chi connectivity index (χ0n) is 15.8. The van der Waals surface area contributed by atoms with Crippen LogP contribution in [0, 0.1) is 0 Å². The number of hydrogen-bond acceptors (Lipinski definition) is 3. The molecule has 1 aliphatic rings. The summed E-state index contributed by atoms with van der Waals surface area (Å²) in [5.74, 6) is 0. The Morgan fingerprint density at radius 3 is 1.93 bits per heavy atom. The van der Waals surface area contributed by atoms with Crippen molar-refractivity contribution >= 4 is 22.1 Å². The molecule has 0 aromatic heterocycles. The average molecular weight is 434 g/mol. The third-order valence-corrected chi connectivity index (χ3v) is 5.60. The van der Waals surface area contributed by atoms with Crippen molar-refractivity contribution in [1.82, 2.24) is 9.91 Å². The molecular weight excluding hydrogens is 410 g/mol. The lowest BCUT2D eigenvalue weighted by molar-refractivity contribution is 0.113. The van der Waals surface area contributed by atoms with Gasteiger partial charge in [0.05, 0.1) is 12.3 Å². The average Bonchev–Trinajstić information content (AvgIpc) is 2.75. The highest BCUT2D eigenvalue weighted by Gasteiger charge is 2.25. The van der Waals surface area contributed by atoms with Crippen molar-refractivity contribution in [2.24, 2.45) is 5.10 Å². The molecule has 0 aliphatic carbocycles. The van der Waals surface area contributed by atoms with Crippen molar-refractivity contribution in [1.29, 1.82) is 0 Å². The van der Waals surface area contributed by atoms with Crippen LogP contribution in [0.3, 0.4) is 0 Å². The van der Waals surface area contributed by atoms with Gasteiger partial charge in [0.15, 0.2) is 0 Å². The van der Waals surface area contributed by atoms with Gasteiger partial charge in [0, 0.05) is 30.7 Å². The van der Waals surface area contributed by atoms with Gasteiger partial charge in [-0.3, -0.25) is 9.91 Å². The first-order valence-corrected chi connectivity index (χ1v) is 10.5. The van der Waals surface area contributed by atoms with Crippen molar-refractivity contribution in [2.75, 3.05) is 26.2 Å². The van der Waals surface area contributed by atoms with Gasteiger partial charge in [-0.1, -0.05) is 88.7 Å². The van der Waals surface area contributed by atoms with E-state index in [2.05, 4.69) is 98.6 Å². The zero-order valence-corrected chi connectivity index (χ0v) is 17.4. The molecule has 1 saturated heterocycles. The van der Waals surface area contributed by atoms with Gasteiger partial charge in [0.25, 0.3) is 0 Å². The van der Waals surface area contributed by atoms with Gasteiger partial charge in [0.1, 0.15) is 0 Å². The van der Waals surface area contributed by atoms with Gasteiger partial charge in [-0.25, -0.2) is 0 Å². The van der Waals surface area contributed by atoms with Crippen molar-refractivity contribution in [3.63, 3.8) is 0 Å². The summed E-state index contributed by atoms with van der Waals surface area (Å²) in [6, 6.07) is 30.1. The highest BCUT2D eigenvalue weighted by molar-refractivity contribution is 9.10. The normalized spacial score (nSPS) is 15.4. The molecule has 1 fully saturated rings. The van der Waals surface area contributed by atoms with Gasteiger partial charge < -0.3 is 0 Å². The fourth-order valence-electron chi connectivity index (χ4n) is 3.70. The Hall–Kier alpha value is -2.43. The van der Waals surface area contributed by atoms with Crippen LogP contribution in [0.15, 0.2) is 94.5 Å². The van der Waals surface area contributed by atoms with E-state index in [4.69, 9.17) is 5.10 Å². The number of rotatable bonds is 5. The molecule has 142 valence electrons. The van der Waals surface area contributed by atoms with Crippen molar-refractivity contribution in [3.8, 4) is 0 Å². The molecule has 3 aromatic carbocycles. The minimum absolute atomic E-state index is 0.290. The smallest absolute Gasteiger partial charge is 0.0603 e. The van der Waals surface area contributed by atoms with Crippen LogP contribution < -0.4 is 0 Å². The van der Waals surface area contributed by atoms with Gasteiger partial charge in [-0.15, -0.1) is 0 Å². The molecule has 4 rings (SSSR count). The van der Waals surface area contributed by atoms with Crippen LogP contribution in [-0.2, 0) is 0 Å². The monoisotopic (exact) mass is 433 g/mol. The van der Waals surface area contributed by atoms with E-state index >= 15 is 0 Å². The number of hydrazone groups is 1. The molecular formula is C24H24BrN3. The van der Waals surface area contributed by atoms with E-state index < -0.39 is 0 Å². The predicted octanol–water partition coefficient (Wildman–Crippen LogP) is 5.19. The third-order valence-electron chi connectivity index (χ3n) is 5.11. The highest BCUT2D eigenvalue weighted by Crippen LogP contribution is 2.29. The van der Waals surface area contributed by atoms with E-state index in [-0.39, 0.29) is 0 Å². The van der Waals surface area contributed by atoms with Crippen LogP contribution in [0.5, 0.6) is 0 Å². The third kappa shape index (κ3) is 4.70. The van der Waals surface area contributed by atoms with Crippen LogP contribution in [0.4, 0.5) is 0 Å². The molecule has 3 aromatic rings. The number of benzene rings is 3. The molecule has 28 heavy (non-hydrogen) atoms. The fraction of sp³-hybridized carbons (Fsp3) is 0.208. The Morgan fingerprint density at radius 1 is 0.750 bits per heavy atom. The molecule has 0 unspecified atom stereocenters. The second-order valence-electron chi connectivity index (χ2n) is 7.01. The van der Waals surface area contributed by atoms with E-state index in [1.54, 1.807) is 0 Å². The number of halogens is 1. The summed E-state index contributed by atoms with van der Waals surface area (Å²) in [5, 5.41) is 6.87. The van der Waals surface area contributed by atoms with E-state index in [9.17, 15) is 0 Å². The van der Waals surface area contributed by atoms with E-state index in [0.29, 0.717) is 6.04 Å².